The van der Waals surface area contributed by atoms with E-state index in [-0.39, 0.29) is 16.6 Å². The third-order valence-corrected chi connectivity index (χ3v) is 6.68. The lowest BCUT2D eigenvalue weighted by Gasteiger charge is -2.07. The minimum atomic E-state index is -3.23. The highest BCUT2D eigenvalue weighted by Gasteiger charge is 2.17. The summed E-state index contributed by atoms with van der Waals surface area (Å²) in [6.07, 6.45) is 1.72. The molecule has 154 valence electrons. The summed E-state index contributed by atoms with van der Waals surface area (Å²) < 4.78 is 23.1. The number of H-pyrrole nitrogens is 1. The molecule has 3 N–H and O–H groups in total. The Morgan fingerprint density at radius 1 is 1.17 bits per heavy atom. The van der Waals surface area contributed by atoms with E-state index >= 15 is 0 Å². The number of amides is 1. The van der Waals surface area contributed by atoms with Crippen LogP contribution in [-0.4, -0.2) is 42.2 Å². The molecule has 0 unspecified atom stereocenters. The number of aromatic hydroxyl groups is 1. The molecule has 0 saturated heterocycles. The van der Waals surface area contributed by atoms with Crippen LogP contribution in [0.1, 0.15) is 15.9 Å². The van der Waals surface area contributed by atoms with Crippen molar-refractivity contribution in [3.63, 3.8) is 0 Å². The van der Waals surface area contributed by atoms with E-state index in [4.69, 9.17) is 0 Å². The van der Waals surface area contributed by atoms with Crippen molar-refractivity contribution < 1.29 is 18.3 Å². The smallest absolute Gasteiger partial charge is 0.253 e. The molecule has 0 atom stereocenters. The molecular weight excluding hydrogens is 422 g/mol. The van der Waals surface area contributed by atoms with E-state index in [1.165, 1.54) is 23.7 Å². The summed E-state index contributed by atoms with van der Waals surface area (Å²) in [6.45, 7) is 0.377. The number of benzene rings is 2. The molecule has 2 aromatic carbocycles. The monoisotopic (exact) mass is 441 g/mol. The van der Waals surface area contributed by atoms with Crippen molar-refractivity contribution in [2.75, 3.05) is 12.8 Å². The van der Waals surface area contributed by atoms with Gasteiger partial charge in [0.15, 0.2) is 9.84 Å². The molecule has 0 spiro atoms. The summed E-state index contributed by atoms with van der Waals surface area (Å²) >= 11 is 1.51. The van der Waals surface area contributed by atoms with Crippen LogP contribution in [0.25, 0.3) is 21.7 Å². The molecule has 0 saturated carbocycles. The van der Waals surface area contributed by atoms with Crippen molar-refractivity contribution in [2.45, 2.75) is 11.3 Å². The number of carbonyl (C=O) groups excluding carboxylic acids is 1. The number of nitrogens with zero attached hydrogens (tertiary/aromatic N) is 1. The maximum Gasteiger partial charge on any atom is 0.253 e. The van der Waals surface area contributed by atoms with Crippen LogP contribution in [0.15, 0.2) is 58.8 Å². The van der Waals surface area contributed by atoms with E-state index in [1.54, 1.807) is 30.3 Å². The molecular formula is C21H19N3O4S2. The van der Waals surface area contributed by atoms with E-state index in [9.17, 15) is 18.3 Å². The van der Waals surface area contributed by atoms with Gasteiger partial charge in [0, 0.05) is 12.8 Å². The predicted molar refractivity (Wildman–Crippen MR) is 117 cm³/mol. The van der Waals surface area contributed by atoms with Gasteiger partial charge < -0.3 is 15.4 Å². The number of rotatable bonds is 6. The van der Waals surface area contributed by atoms with E-state index in [2.05, 4.69) is 15.3 Å². The third kappa shape index (κ3) is 4.07. The van der Waals surface area contributed by atoms with Gasteiger partial charge in [-0.05, 0) is 47.7 Å². The Hall–Kier alpha value is -3.17. The average molecular weight is 442 g/mol. The lowest BCUT2D eigenvalue weighted by atomic mass is 10.1. The average Bonchev–Trinajstić information content (AvgIpc) is 3.38. The molecule has 1 amide bonds. The van der Waals surface area contributed by atoms with Gasteiger partial charge in [-0.25, -0.2) is 13.4 Å². The van der Waals surface area contributed by atoms with Gasteiger partial charge in [-0.15, -0.1) is 11.3 Å². The van der Waals surface area contributed by atoms with Crippen molar-refractivity contribution in [3.8, 4) is 16.5 Å². The number of aromatic nitrogens is 2. The molecule has 4 aromatic rings. The minimum absolute atomic E-state index is 0.0304. The van der Waals surface area contributed by atoms with Gasteiger partial charge in [0.05, 0.1) is 15.3 Å². The summed E-state index contributed by atoms with van der Waals surface area (Å²) in [4.78, 5) is 21.5. The van der Waals surface area contributed by atoms with Crippen molar-refractivity contribution >= 4 is 38.1 Å². The zero-order valence-corrected chi connectivity index (χ0v) is 17.7. The highest BCUT2D eigenvalue weighted by molar-refractivity contribution is 7.90. The first-order chi connectivity index (χ1) is 14.3. The van der Waals surface area contributed by atoms with Gasteiger partial charge in [0.25, 0.3) is 5.91 Å². The standard InChI is InChI=1S/C21H19N3O4S2/c1-30(27,28)14-6-4-13(5-7-14)10-11-22-21(26)15-8-9-16(25)19-18(15)23-20(24-19)17-3-2-12-29-17/h2-9,12,25H,10-11H2,1H3,(H,22,26)(H,23,24). The van der Waals surface area contributed by atoms with Crippen molar-refractivity contribution in [1.29, 1.82) is 0 Å². The number of hydrogen-bond donors (Lipinski definition) is 3. The lowest BCUT2D eigenvalue weighted by Crippen LogP contribution is -2.26. The van der Waals surface area contributed by atoms with Gasteiger partial charge in [-0.1, -0.05) is 18.2 Å². The second kappa shape index (κ2) is 7.92. The fourth-order valence-electron chi connectivity index (χ4n) is 3.11. The molecule has 0 radical (unpaired) electrons. The van der Waals surface area contributed by atoms with Crippen LogP contribution >= 0.6 is 11.3 Å². The number of carbonyl (C=O) groups is 1. The van der Waals surface area contributed by atoms with Crippen molar-refractivity contribution in [2.24, 2.45) is 0 Å². The van der Waals surface area contributed by atoms with Gasteiger partial charge in [0.1, 0.15) is 22.6 Å². The van der Waals surface area contributed by atoms with Crippen LogP contribution in [-0.2, 0) is 16.3 Å². The zero-order valence-electron chi connectivity index (χ0n) is 16.0. The number of thiophene rings is 1. The zero-order chi connectivity index (χ0) is 21.3. The molecule has 0 aliphatic carbocycles. The Morgan fingerprint density at radius 2 is 1.93 bits per heavy atom. The summed E-state index contributed by atoms with van der Waals surface area (Å²) in [5, 5.41) is 14.9. The van der Waals surface area contributed by atoms with Gasteiger partial charge in [0.2, 0.25) is 0 Å². The van der Waals surface area contributed by atoms with Crippen LogP contribution in [0.3, 0.4) is 0 Å². The quantitative estimate of drug-likeness (QED) is 0.425. The molecule has 2 heterocycles. The second-order valence-corrected chi connectivity index (χ2v) is 9.80. The van der Waals surface area contributed by atoms with E-state index in [1.807, 2.05) is 17.5 Å². The molecule has 0 bridgehead atoms. The third-order valence-electron chi connectivity index (χ3n) is 4.67. The number of phenols is 1. The van der Waals surface area contributed by atoms with Crippen LogP contribution in [0.2, 0.25) is 0 Å². The molecule has 2 aromatic heterocycles. The predicted octanol–water partition coefficient (Wildman–Crippen LogP) is 3.37. The normalized spacial score (nSPS) is 11.6. The Morgan fingerprint density at radius 3 is 2.60 bits per heavy atom. The largest absolute Gasteiger partial charge is 0.506 e. The topological polar surface area (TPSA) is 112 Å². The first kappa shape index (κ1) is 20.1. The second-order valence-electron chi connectivity index (χ2n) is 6.84. The highest BCUT2D eigenvalue weighted by atomic mass is 32.2. The summed E-state index contributed by atoms with van der Waals surface area (Å²) in [7, 11) is -3.23. The highest BCUT2D eigenvalue weighted by Crippen LogP contribution is 2.30. The van der Waals surface area contributed by atoms with Crippen molar-refractivity contribution in [3.05, 3.63) is 65.0 Å². The number of fused-ring (bicyclic) bond motifs is 1. The van der Waals surface area contributed by atoms with E-state index < -0.39 is 9.84 Å². The van der Waals surface area contributed by atoms with Crippen molar-refractivity contribution in [1.82, 2.24) is 15.3 Å². The van der Waals surface area contributed by atoms with Gasteiger partial charge >= 0.3 is 0 Å². The maximum absolute atomic E-state index is 12.7. The molecule has 7 nitrogen and oxygen atoms in total. The first-order valence-corrected chi connectivity index (χ1v) is 11.9. The van der Waals surface area contributed by atoms with Crippen LogP contribution in [0, 0.1) is 0 Å². The van der Waals surface area contributed by atoms with Gasteiger partial charge in [-0.2, -0.15) is 0 Å². The number of sulfone groups is 1. The molecule has 9 heteroatoms. The van der Waals surface area contributed by atoms with Gasteiger partial charge in [-0.3, -0.25) is 4.79 Å². The lowest BCUT2D eigenvalue weighted by molar-refractivity contribution is 0.0955. The summed E-state index contributed by atoms with van der Waals surface area (Å²) in [5.41, 5.74) is 2.11. The number of phenolic OH excluding ortho intramolecular Hbond substituents is 1. The Labute approximate surface area is 177 Å². The molecule has 30 heavy (non-hydrogen) atoms. The summed E-state index contributed by atoms with van der Waals surface area (Å²) in [5.74, 6) is 0.335. The molecule has 0 aliphatic rings. The Balaban J connectivity index is 1.49. The summed E-state index contributed by atoms with van der Waals surface area (Å²) in [6, 6.07) is 13.4. The number of imidazole rings is 1. The van der Waals surface area contributed by atoms with Crippen LogP contribution < -0.4 is 5.32 Å². The first-order valence-electron chi connectivity index (χ1n) is 9.15. The molecule has 4 rings (SSSR count). The Bertz CT molecular complexity index is 1310. The maximum atomic E-state index is 12.7. The molecule has 0 fully saturated rings. The fourth-order valence-corrected chi connectivity index (χ4v) is 4.41. The molecule has 0 aliphatic heterocycles. The number of hydrogen-bond acceptors (Lipinski definition) is 6. The SMILES string of the molecule is CS(=O)(=O)c1ccc(CCNC(=O)c2ccc(O)c3[nH]c(-c4cccs4)nc23)cc1. The van der Waals surface area contributed by atoms with E-state index in [0.29, 0.717) is 35.4 Å². The van der Waals surface area contributed by atoms with Crippen LogP contribution in [0.4, 0.5) is 0 Å². The van der Waals surface area contributed by atoms with E-state index in [0.717, 1.165) is 10.4 Å². The minimum Gasteiger partial charge on any atom is -0.506 e. The fraction of sp³-hybridized carbons (Fsp3) is 0.143. The Kier molecular flexibility index (Phi) is 5.31. The number of aromatic amines is 1. The number of nitrogens with one attached hydrogen (secondary N) is 2. The van der Waals surface area contributed by atoms with Crippen LogP contribution in [0.5, 0.6) is 5.75 Å².